The number of hydrogen-bond acceptors (Lipinski definition) is 5. The summed E-state index contributed by atoms with van der Waals surface area (Å²) in [6.45, 7) is 0. The maximum atomic E-state index is 11.1. The number of carbonyl (C=O) groups excluding carboxylic acids is 1. The Bertz CT molecular complexity index is 292. The maximum absolute atomic E-state index is 11.1. The Labute approximate surface area is 77.8 Å². The molecule has 0 radical (unpaired) electrons. The first-order valence-corrected chi connectivity index (χ1v) is 3.64. The van der Waals surface area contributed by atoms with Crippen molar-refractivity contribution in [2.24, 2.45) is 4.99 Å². The molecule has 8 heteroatoms. The fourth-order valence-corrected chi connectivity index (χ4v) is 1.11. The molecule has 0 saturated carbocycles. The van der Waals surface area contributed by atoms with E-state index in [4.69, 9.17) is 16.7 Å². The van der Waals surface area contributed by atoms with Gasteiger partial charge in [0.2, 0.25) is 6.35 Å². The van der Waals surface area contributed by atoms with Gasteiger partial charge in [0.25, 0.3) is 0 Å². The lowest BCUT2D eigenvalue weighted by Crippen LogP contribution is -2.52. The number of halogens is 1. The van der Waals surface area contributed by atoms with E-state index in [1.807, 2.05) is 0 Å². The van der Waals surface area contributed by atoms with Gasteiger partial charge < -0.3 is 5.11 Å². The average molecular weight is 208 g/mol. The van der Waals surface area contributed by atoms with Gasteiger partial charge in [-0.1, -0.05) is 11.6 Å². The molecule has 0 spiro atoms. The molecular formula is C5H6ClN3O4. The minimum Gasteiger partial charge on any atom is -0.355 e. The van der Waals surface area contributed by atoms with E-state index >= 15 is 0 Å². The number of amides is 1. The third-order valence-electron chi connectivity index (χ3n) is 1.60. The quantitative estimate of drug-likeness (QED) is 0.441. The fraction of sp³-hybridized carbons (Fsp3) is 0.600. The lowest BCUT2D eigenvalue weighted by molar-refractivity contribution is -0.490. The Morgan fingerprint density at radius 1 is 1.77 bits per heavy atom. The van der Waals surface area contributed by atoms with Crippen LogP contribution in [0.4, 0.5) is 0 Å². The van der Waals surface area contributed by atoms with Gasteiger partial charge in [-0.3, -0.25) is 19.8 Å². The van der Waals surface area contributed by atoms with Crippen LogP contribution >= 0.6 is 11.6 Å². The summed E-state index contributed by atoms with van der Waals surface area (Å²) in [6.07, 6.45) is -1.43. The molecule has 0 aromatic heterocycles. The molecule has 0 fully saturated rings. The van der Waals surface area contributed by atoms with Gasteiger partial charge in [-0.25, -0.2) is 4.99 Å². The third-order valence-corrected chi connectivity index (χ3v) is 1.91. The van der Waals surface area contributed by atoms with Crippen LogP contribution in [0.5, 0.6) is 0 Å². The second kappa shape index (κ2) is 3.27. The van der Waals surface area contributed by atoms with Crippen LogP contribution in [-0.4, -0.2) is 45.4 Å². The van der Waals surface area contributed by atoms with Crippen LogP contribution in [0.25, 0.3) is 0 Å². The zero-order valence-corrected chi connectivity index (χ0v) is 7.30. The van der Waals surface area contributed by atoms with Gasteiger partial charge in [-0.15, -0.1) is 0 Å². The van der Waals surface area contributed by atoms with Gasteiger partial charge in [0.15, 0.2) is 5.17 Å². The number of aliphatic hydroxyl groups is 1. The van der Waals surface area contributed by atoms with Gasteiger partial charge in [-0.2, -0.15) is 0 Å². The summed E-state index contributed by atoms with van der Waals surface area (Å²) in [5.41, 5.74) is 0. The Morgan fingerprint density at radius 3 is 2.77 bits per heavy atom. The number of hydrogen-bond donors (Lipinski definition) is 1. The summed E-state index contributed by atoms with van der Waals surface area (Å²) >= 11 is 5.33. The van der Waals surface area contributed by atoms with Crippen molar-refractivity contribution < 1.29 is 14.8 Å². The van der Waals surface area contributed by atoms with E-state index in [1.165, 1.54) is 7.05 Å². The predicted molar refractivity (Wildman–Crippen MR) is 42.8 cm³/mol. The number of nitro groups is 1. The molecule has 1 rings (SSSR count). The molecule has 1 heterocycles. The molecule has 13 heavy (non-hydrogen) atoms. The van der Waals surface area contributed by atoms with E-state index in [9.17, 15) is 14.9 Å². The molecule has 1 amide bonds. The van der Waals surface area contributed by atoms with E-state index in [0.29, 0.717) is 0 Å². The molecule has 0 bridgehead atoms. The highest BCUT2D eigenvalue weighted by atomic mass is 35.5. The van der Waals surface area contributed by atoms with Gasteiger partial charge in [0.05, 0.1) is 0 Å². The number of aliphatic imine (C=N–C) groups is 1. The molecule has 7 nitrogen and oxygen atoms in total. The third kappa shape index (κ3) is 1.61. The predicted octanol–water partition coefficient (Wildman–Crippen LogP) is -0.983. The number of likely N-dealkylation sites (N-methyl/N-ethyl adjacent to an activating group) is 1. The van der Waals surface area contributed by atoms with E-state index in [-0.39, 0.29) is 0 Å². The summed E-state index contributed by atoms with van der Waals surface area (Å²) < 4.78 is 0. The van der Waals surface area contributed by atoms with E-state index in [1.54, 1.807) is 0 Å². The summed E-state index contributed by atoms with van der Waals surface area (Å²) in [4.78, 5) is 24.7. The summed E-state index contributed by atoms with van der Waals surface area (Å²) in [7, 11) is 1.20. The second-order valence-corrected chi connectivity index (χ2v) is 2.82. The lowest BCUT2D eigenvalue weighted by Gasteiger charge is -2.25. The smallest absolute Gasteiger partial charge is 0.341 e. The van der Waals surface area contributed by atoms with Crippen molar-refractivity contribution in [2.45, 2.75) is 12.4 Å². The van der Waals surface area contributed by atoms with Crippen molar-refractivity contribution in [3.05, 3.63) is 10.1 Å². The van der Waals surface area contributed by atoms with Crippen molar-refractivity contribution in [2.75, 3.05) is 7.05 Å². The highest BCUT2D eigenvalue weighted by Gasteiger charge is 2.43. The molecule has 1 N–H and O–H groups in total. The largest absolute Gasteiger partial charge is 0.355 e. The standard InChI is InChI=1S/C5H6ClN3O4/c1-8-4(10)2(9(12)13)3(6)7-5(8)11/h2,5,11H,1H3. The molecular weight excluding hydrogens is 202 g/mol. The molecule has 2 unspecified atom stereocenters. The Hall–Kier alpha value is -1.21. The summed E-state index contributed by atoms with van der Waals surface area (Å²) in [5.74, 6) is -0.877. The van der Waals surface area contributed by atoms with Crippen molar-refractivity contribution in [3.63, 3.8) is 0 Å². The molecule has 0 aliphatic carbocycles. The van der Waals surface area contributed by atoms with Crippen molar-refractivity contribution in [1.29, 1.82) is 0 Å². The average Bonchev–Trinajstić information content (AvgIpc) is 1.99. The first kappa shape index (κ1) is 9.87. The monoisotopic (exact) mass is 207 g/mol. The number of carbonyl (C=O) groups is 1. The molecule has 1 aliphatic rings. The van der Waals surface area contributed by atoms with Gasteiger partial charge in [0, 0.05) is 12.0 Å². The van der Waals surface area contributed by atoms with Gasteiger partial charge in [0.1, 0.15) is 0 Å². The molecule has 0 aromatic carbocycles. The maximum Gasteiger partial charge on any atom is 0.341 e. The highest BCUT2D eigenvalue weighted by molar-refractivity contribution is 6.68. The van der Waals surface area contributed by atoms with Crippen LogP contribution < -0.4 is 0 Å². The van der Waals surface area contributed by atoms with E-state index < -0.39 is 28.4 Å². The van der Waals surface area contributed by atoms with Crippen molar-refractivity contribution in [1.82, 2.24) is 4.90 Å². The van der Waals surface area contributed by atoms with E-state index in [2.05, 4.69) is 4.99 Å². The fourth-order valence-electron chi connectivity index (χ4n) is 0.853. The second-order valence-electron chi connectivity index (χ2n) is 2.44. The van der Waals surface area contributed by atoms with Crippen LogP contribution in [0, 0.1) is 10.1 Å². The number of nitrogens with zero attached hydrogens (tertiary/aromatic N) is 3. The van der Waals surface area contributed by atoms with E-state index in [0.717, 1.165) is 4.90 Å². The highest BCUT2D eigenvalue weighted by Crippen LogP contribution is 2.13. The van der Waals surface area contributed by atoms with Gasteiger partial charge in [-0.05, 0) is 0 Å². The number of aliphatic hydroxyl groups excluding tert-OH is 1. The zero-order chi connectivity index (χ0) is 10.2. The van der Waals surface area contributed by atoms with Gasteiger partial charge >= 0.3 is 11.9 Å². The van der Waals surface area contributed by atoms with Crippen LogP contribution in [0.2, 0.25) is 0 Å². The van der Waals surface area contributed by atoms with Crippen LogP contribution in [0.1, 0.15) is 0 Å². The van der Waals surface area contributed by atoms with Crippen LogP contribution in [0.3, 0.4) is 0 Å². The SMILES string of the molecule is CN1C(=O)C([N+](=O)[O-])C(Cl)=NC1O. The van der Waals surface area contributed by atoms with Crippen LogP contribution in [0.15, 0.2) is 4.99 Å². The first-order valence-electron chi connectivity index (χ1n) is 3.26. The Balaban J connectivity index is 3.04. The molecule has 0 saturated heterocycles. The minimum atomic E-state index is -1.69. The minimum absolute atomic E-state index is 0.499. The lowest BCUT2D eigenvalue weighted by atomic mass is 10.2. The topological polar surface area (TPSA) is 96.0 Å². The molecule has 0 aromatic rings. The normalized spacial score (nSPS) is 28.7. The number of rotatable bonds is 1. The zero-order valence-electron chi connectivity index (χ0n) is 6.55. The molecule has 2 atom stereocenters. The van der Waals surface area contributed by atoms with Crippen molar-refractivity contribution >= 4 is 22.7 Å². The first-order chi connectivity index (χ1) is 5.95. The Kier molecular flexibility index (Phi) is 2.48. The molecule has 1 aliphatic heterocycles. The molecule has 72 valence electrons. The summed E-state index contributed by atoms with van der Waals surface area (Å²) in [6, 6.07) is -1.69. The summed E-state index contributed by atoms with van der Waals surface area (Å²) in [5, 5.41) is 18.9. The Morgan fingerprint density at radius 2 is 2.31 bits per heavy atom. The van der Waals surface area contributed by atoms with Crippen LogP contribution in [-0.2, 0) is 4.79 Å². The van der Waals surface area contributed by atoms with Crippen molar-refractivity contribution in [3.8, 4) is 0 Å².